The molecular weight excluding hydrogens is 271 g/mol. The van der Waals surface area contributed by atoms with Crippen LogP contribution in [0.3, 0.4) is 0 Å². The average molecular weight is 282 g/mol. The van der Waals surface area contributed by atoms with Gasteiger partial charge < -0.3 is 10.1 Å². The number of nitrogens with one attached hydrogen (secondary N) is 1. The van der Waals surface area contributed by atoms with Crippen LogP contribution in [0.25, 0.3) is 0 Å². The number of likely N-dealkylation sites (N-methyl/N-ethyl adjacent to an activating group) is 1. The first-order valence-corrected chi connectivity index (χ1v) is 5.31. The van der Waals surface area contributed by atoms with E-state index in [9.17, 15) is 18.0 Å². The molecule has 1 N–H and O–H groups in total. The molecule has 0 heterocycles. The van der Waals surface area contributed by atoms with Gasteiger partial charge in [0, 0.05) is 5.56 Å². The molecule has 0 aliphatic rings. The van der Waals surface area contributed by atoms with Crippen molar-refractivity contribution in [2.24, 2.45) is 0 Å². The molecule has 1 aromatic carbocycles. The maximum atomic E-state index is 12.8. The van der Waals surface area contributed by atoms with E-state index in [2.05, 4.69) is 10.1 Å². The Labute approximate surface area is 107 Å². The molecule has 0 atom stereocenters. The Kier molecular flexibility index (Phi) is 4.59. The topological polar surface area (TPSA) is 38.3 Å². The van der Waals surface area contributed by atoms with Gasteiger partial charge in [-0.25, -0.2) is 0 Å². The molecule has 0 amide bonds. The fourth-order valence-corrected chi connectivity index (χ4v) is 1.73. The highest BCUT2D eigenvalue weighted by Gasteiger charge is 2.36. The van der Waals surface area contributed by atoms with Crippen molar-refractivity contribution in [3.05, 3.63) is 28.3 Å². The maximum Gasteiger partial charge on any atom is 0.420 e. The van der Waals surface area contributed by atoms with E-state index < -0.39 is 23.3 Å². The van der Waals surface area contributed by atoms with Crippen LogP contribution >= 0.6 is 11.6 Å². The van der Waals surface area contributed by atoms with E-state index in [-0.39, 0.29) is 17.1 Å². The van der Waals surface area contributed by atoms with Crippen molar-refractivity contribution in [1.82, 2.24) is 5.32 Å². The van der Waals surface area contributed by atoms with Gasteiger partial charge in [-0.15, -0.1) is 0 Å². The van der Waals surface area contributed by atoms with Gasteiger partial charge in [0.25, 0.3) is 0 Å². The summed E-state index contributed by atoms with van der Waals surface area (Å²) in [6, 6.07) is 1.90. The summed E-state index contributed by atoms with van der Waals surface area (Å²) in [5.74, 6) is -0.960. The summed E-state index contributed by atoms with van der Waals surface area (Å²) < 4.78 is 43.0. The molecule has 0 saturated carbocycles. The van der Waals surface area contributed by atoms with Crippen molar-refractivity contribution in [3.8, 4) is 5.75 Å². The van der Waals surface area contributed by atoms with E-state index in [0.717, 1.165) is 19.2 Å². The lowest BCUT2D eigenvalue weighted by Gasteiger charge is -2.14. The van der Waals surface area contributed by atoms with Gasteiger partial charge in [-0.2, -0.15) is 13.2 Å². The Morgan fingerprint density at radius 1 is 1.44 bits per heavy atom. The zero-order valence-corrected chi connectivity index (χ0v) is 10.4. The number of methoxy groups -OCH3 is 1. The number of hydrogen-bond acceptors (Lipinski definition) is 3. The summed E-state index contributed by atoms with van der Waals surface area (Å²) in [7, 11) is 2.61. The van der Waals surface area contributed by atoms with E-state index in [1.165, 1.54) is 7.05 Å². The van der Waals surface area contributed by atoms with E-state index in [1.807, 2.05) is 0 Å². The summed E-state index contributed by atoms with van der Waals surface area (Å²) in [5, 5.41) is 2.32. The van der Waals surface area contributed by atoms with Gasteiger partial charge in [0.2, 0.25) is 0 Å². The third-order valence-corrected chi connectivity index (χ3v) is 2.49. The van der Waals surface area contributed by atoms with Gasteiger partial charge in [0.05, 0.1) is 24.2 Å². The molecule has 0 radical (unpaired) electrons. The first-order chi connectivity index (χ1) is 8.31. The van der Waals surface area contributed by atoms with Gasteiger partial charge in [0.15, 0.2) is 5.78 Å². The van der Waals surface area contributed by atoms with Crippen LogP contribution < -0.4 is 10.1 Å². The summed E-state index contributed by atoms with van der Waals surface area (Å²) in [6.07, 6.45) is -4.63. The summed E-state index contributed by atoms with van der Waals surface area (Å²) in [5.41, 5.74) is -1.17. The molecule has 0 bridgehead atoms. The first kappa shape index (κ1) is 14.8. The minimum Gasteiger partial charge on any atom is -0.495 e. The Morgan fingerprint density at radius 3 is 2.50 bits per heavy atom. The number of hydrogen-bond donors (Lipinski definition) is 1. The quantitative estimate of drug-likeness (QED) is 0.863. The lowest BCUT2D eigenvalue weighted by atomic mass is 10.1. The highest BCUT2D eigenvalue weighted by Crippen LogP contribution is 2.41. The summed E-state index contributed by atoms with van der Waals surface area (Å²) in [4.78, 5) is 11.5. The highest BCUT2D eigenvalue weighted by atomic mass is 35.5. The van der Waals surface area contributed by atoms with E-state index in [4.69, 9.17) is 11.6 Å². The number of ether oxygens (including phenoxy) is 1. The van der Waals surface area contributed by atoms with E-state index in [1.54, 1.807) is 0 Å². The predicted molar refractivity (Wildman–Crippen MR) is 61.3 cm³/mol. The van der Waals surface area contributed by atoms with Gasteiger partial charge in [-0.05, 0) is 19.2 Å². The van der Waals surface area contributed by atoms with Crippen LogP contribution in [0.2, 0.25) is 5.02 Å². The Hall–Kier alpha value is -1.27. The molecule has 18 heavy (non-hydrogen) atoms. The van der Waals surface area contributed by atoms with Crippen LogP contribution in [0.5, 0.6) is 5.75 Å². The number of halogens is 4. The number of alkyl halides is 3. The van der Waals surface area contributed by atoms with Crippen LogP contribution in [-0.4, -0.2) is 26.5 Å². The molecule has 3 nitrogen and oxygen atoms in total. The summed E-state index contributed by atoms with van der Waals surface area (Å²) in [6.45, 7) is -0.0695. The standard InChI is InChI=1S/C11H11ClF3NO2/c1-16-5-9(17)6-3-7(11(13,14)15)10(18-2)8(12)4-6/h3-4,16H,5H2,1-2H3. The van der Waals surface area contributed by atoms with Gasteiger partial charge in [-0.1, -0.05) is 11.6 Å². The van der Waals surface area contributed by atoms with Crippen molar-refractivity contribution >= 4 is 17.4 Å². The number of carbonyl (C=O) groups excluding carboxylic acids is 1. The predicted octanol–water partition coefficient (Wildman–Crippen LogP) is 2.77. The van der Waals surface area contributed by atoms with Crippen LogP contribution in [-0.2, 0) is 6.18 Å². The molecular formula is C11H11ClF3NO2. The van der Waals surface area contributed by atoms with Crippen molar-refractivity contribution in [1.29, 1.82) is 0 Å². The minimum absolute atomic E-state index is 0.0695. The highest BCUT2D eigenvalue weighted by molar-refractivity contribution is 6.32. The number of benzene rings is 1. The average Bonchev–Trinajstić information content (AvgIpc) is 2.27. The minimum atomic E-state index is -4.63. The fourth-order valence-electron chi connectivity index (χ4n) is 1.44. The van der Waals surface area contributed by atoms with Crippen molar-refractivity contribution in [2.75, 3.05) is 20.7 Å². The van der Waals surface area contributed by atoms with E-state index >= 15 is 0 Å². The van der Waals surface area contributed by atoms with Crippen LogP contribution in [0.1, 0.15) is 15.9 Å². The van der Waals surface area contributed by atoms with Gasteiger partial charge >= 0.3 is 6.18 Å². The second-order valence-corrected chi connectivity index (χ2v) is 3.90. The molecule has 0 unspecified atom stereocenters. The Balaban J connectivity index is 3.35. The molecule has 0 fully saturated rings. The molecule has 0 aliphatic heterocycles. The van der Waals surface area contributed by atoms with Crippen molar-refractivity contribution in [2.45, 2.75) is 6.18 Å². The maximum absolute atomic E-state index is 12.8. The van der Waals surface area contributed by atoms with Crippen LogP contribution in [0.4, 0.5) is 13.2 Å². The largest absolute Gasteiger partial charge is 0.495 e. The van der Waals surface area contributed by atoms with Gasteiger partial charge in [0.1, 0.15) is 5.75 Å². The number of ketones is 1. The lowest BCUT2D eigenvalue weighted by Crippen LogP contribution is -2.19. The molecule has 0 spiro atoms. The molecule has 1 rings (SSSR count). The van der Waals surface area contributed by atoms with Crippen molar-refractivity contribution < 1.29 is 22.7 Å². The molecule has 0 saturated heterocycles. The Morgan fingerprint density at radius 2 is 2.06 bits per heavy atom. The number of carbonyl (C=O) groups is 1. The fraction of sp³-hybridized carbons (Fsp3) is 0.364. The summed E-state index contributed by atoms with van der Waals surface area (Å²) >= 11 is 5.69. The smallest absolute Gasteiger partial charge is 0.420 e. The molecule has 7 heteroatoms. The first-order valence-electron chi connectivity index (χ1n) is 4.93. The molecule has 0 aliphatic carbocycles. The zero-order valence-electron chi connectivity index (χ0n) is 9.69. The number of Topliss-reactive ketones (excluding diaryl/α,β-unsaturated/α-hetero) is 1. The SMILES string of the molecule is CNCC(=O)c1cc(Cl)c(OC)c(C(F)(F)F)c1. The van der Waals surface area contributed by atoms with Crippen molar-refractivity contribution in [3.63, 3.8) is 0 Å². The van der Waals surface area contributed by atoms with E-state index in [0.29, 0.717) is 0 Å². The second-order valence-electron chi connectivity index (χ2n) is 3.49. The normalized spacial score (nSPS) is 11.4. The molecule has 100 valence electrons. The second kappa shape index (κ2) is 5.58. The van der Waals surface area contributed by atoms with Gasteiger partial charge in [-0.3, -0.25) is 4.79 Å². The molecule has 0 aromatic heterocycles. The zero-order chi connectivity index (χ0) is 13.9. The monoisotopic (exact) mass is 281 g/mol. The van der Waals surface area contributed by atoms with Crippen LogP contribution in [0, 0.1) is 0 Å². The number of rotatable bonds is 4. The molecule has 1 aromatic rings. The lowest BCUT2D eigenvalue weighted by molar-refractivity contribution is -0.138. The third-order valence-electron chi connectivity index (χ3n) is 2.21. The Bertz CT molecular complexity index is 460. The third kappa shape index (κ3) is 3.14. The van der Waals surface area contributed by atoms with Crippen LogP contribution in [0.15, 0.2) is 12.1 Å².